The van der Waals surface area contributed by atoms with Gasteiger partial charge < -0.3 is 4.57 Å². The molecular formula is C11H12N2OS. The molecule has 0 spiro atoms. The normalized spacial score (nSPS) is 10.5. The standard InChI is InChI=1S/C11H12N2OS/c1-8-3-4-13(11(14)5-8)6-10-7-15-9(2)12-10/h3-5,7H,6H2,1-2H3. The Balaban J connectivity index is 2.28. The average Bonchev–Trinajstić information content (AvgIpc) is 2.56. The molecule has 4 heteroatoms. The lowest BCUT2D eigenvalue weighted by atomic mass is 10.3. The minimum absolute atomic E-state index is 0.0284. The van der Waals surface area contributed by atoms with E-state index < -0.39 is 0 Å². The van der Waals surface area contributed by atoms with Gasteiger partial charge in [-0.25, -0.2) is 4.98 Å². The fraction of sp³-hybridized carbons (Fsp3) is 0.273. The van der Waals surface area contributed by atoms with E-state index in [0.29, 0.717) is 6.54 Å². The highest BCUT2D eigenvalue weighted by molar-refractivity contribution is 7.09. The van der Waals surface area contributed by atoms with E-state index >= 15 is 0 Å². The maximum absolute atomic E-state index is 11.6. The van der Waals surface area contributed by atoms with Crippen LogP contribution >= 0.6 is 11.3 Å². The van der Waals surface area contributed by atoms with E-state index in [0.717, 1.165) is 16.3 Å². The second-order valence-corrected chi connectivity index (χ2v) is 4.59. The smallest absolute Gasteiger partial charge is 0.251 e. The highest BCUT2D eigenvalue weighted by atomic mass is 32.1. The van der Waals surface area contributed by atoms with Crippen molar-refractivity contribution in [3.05, 3.63) is 50.3 Å². The van der Waals surface area contributed by atoms with E-state index in [1.165, 1.54) is 0 Å². The van der Waals surface area contributed by atoms with Gasteiger partial charge in [0.05, 0.1) is 17.2 Å². The molecule has 0 aromatic carbocycles. The Bertz CT molecular complexity index is 527. The molecule has 0 saturated carbocycles. The summed E-state index contributed by atoms with van der Waals surface area (Å²) in [6.45, 7) is 4.44. The first-order valence-electron chi connectivity index (χ1n) is 4.73. The van der Waals surface area contributed by atoms with Crippen LogP contribution in [0.5, 0.6) is 0 Å². The van der Waals surface area contributed by atoms with Gasteiger partial charge in [0.25, 0.3) is 5.56 Å². The van der Waals surface area contributed by atoms with Crippen molar-refractivity contribution in [3.63, 3.8) is 0 Å². The predicted molar refractivity (Wildman–Crippen MR) is 61.4 cm³/mol. The molecule has 0 amide bonds. The Morgan fingerprint density at radius 2 is 2.27 bits per heavy atom. The molecule has 0 saturated heterocycles. The number of rotatable bonds is 2. The minimum Gasteiger partial charge on any atom is -0.309 e. The van der Waals surface area contributed by atoms with Crippen molar-refractivity contribution in [2.45, 2.75) is 20.4 Å². The monoisotopic (exact) mass is 220 g/mol. The summed E-state index contributed by atoms with van der Waals surface area (Å²) in [6, 6.07) is 3.57. The van der Waals surface area contributed by atoms with Gasteiger partial charge in [-0.1, -0.05) is 0 Å². The van der Waals surface area contributed by atoms with E-state index in [-0.39, 0.29) is 5.56 Å². The first-order valence-corrected chi connectivity index (χ1v) is 5.61. The SMILES string of the molecule is Cc1ccn(Cc2csc(C)n2)c(=O)c1. The number of aromatic nitrogens is 2. The zero-order valence-electron chi connectivity index (χ0n) is 8.73. The molecule has 2 heterocycles. The summed E-state index contributed by atoms with van der Waals surface area (Å²) < 4.78 is 1.67. The number of aryl methyl sites for hydroxylation is 2. The Hall–Kier alpha value is -1.42. The summed E-state index contributed by atoms with van der Waals surface area (Å²) in [5, 5.41) is 3.02. The summed E-state index contributed by atoms with van der Waals surface area (Å²) in [5.41, 5.74) is 1.97. The first-order chi connectivity index (χ1) is 7.15. The number of nitrogens with zero attached hydrogens (tertiary/aromatic N) is 2. The maximum atomic E-state index is 11.6. The molecule has 2 aromatic heterocycles. The summed E-state index contributed by atoms with van der Waals surface area (Å²) >= 11 is 1.61. The molecule has 0 fully saturated rings. The van der Waals surface area contributed by atoms with Gasteiger partial charge in [0.2, 0.25) is 0 Å². The number of hydrogen-bond donors (Lipinski definition) is 0. The topological polar surface area (TPSA) is 34.9 Å². The van der Waals surface area contributed by atoms with Gasteiger partial charge in [-0.2, -0.15) is 0 Å². The van der Waals surface area contributed by atoms with E-state index in [4.69, 9.17) is 0 Å². The van der Waals surface area contributed by atoms with Crippen LogP contribution in [-0.4, -0.2) is 9.55 Å². The third kappa shape index (κ3) is 2.33. The van der Waals surface area contributed by atoms with Crippen LogP contribution in [0.15, 0.2) is 28.5 Å². The van der Waals surface area contributed by atoms with E-state index in [2.05, 4.69) is 4.98 Å². The molecule has 0 atom stereocenters. The Morgan fingerprint density at radius 1 is 1.47 bits per heavy atom. The van der Waals surface area contributed by atoms with Crippen LogP contribution in [-0.2, 0) is 6.54 Å². The zero-order valence-corrected chi connectivity index (χ0v) is 9.54. The maximum Gasteiger partial charge on any atom is 0.251 e. The fourth-order valence-corrected chi connectivity index (χ4v) is 2.00. The second kappa shape index (κ2) is 3.98. The van der Waals surface area contributed by atoms with Crippen LogP contribution in [0.4, 0.5) is 0 Å². The quantitative estimate of drug-likeness (QED) is 0.775. The molecule has 0 aliphatic rings. The molecule has 0 N–H and O–H groups in total. The van der Waals surface area contributed by atoms with Gasteiger partial charge >= 0.3 is 0 Å². The van der Waals surface area contributed by atoms with Crippen LogP contribution in [0.3, 0.4) is 0 Å². The Labute approximate surface area is 92.0 Å². The summed E-state index contributed by atoms with van der Waals surface area (Å²) in [6.07, 6.45) is 1.81. The highest BCUT2D eigenvalue weighted by Gasteiger charge is 2.01. The second-order valence-electron chi connectivity index (χ2n) is 3.53. The van der Waals surface area contributed by atoms with E-state index in [1.807, 2.05) is 31.5 Å². The van der Waals surface area contributed by atoms with Gasteiger partial charge in [-0.3, -0.25) is 4.79 Å². The highest BCUT2D eigenvalue weighted by Crippen LogP contribution is 2.08. The number of hydrogen-bond acceptors (Lipinski definition) is 3. The van der Waals surface area contributed by atoms with Crippen molar-refractivity contribution >= 4 is 11.3 Å². The summed E-state index contributed by atoms with van der Waals surface area (Å²) in [7, 11) is 0. The molecule has 0 radical (unpaired) electrons. The van der Waals surface area contributed by atoms with Gasteiger partial charge in [0.15, 0.2) is 0 Å². The van der Waals surface area contributed by atoms with Crippen LogP contribution in [0.2, 0.25) is 0 Å². The van der Waals surface area contributed by atoms with Crippen LogP contribution in [0.25, 0.3) is 0 Å². The average molecular weight is 220 g/mol. The van der Waals surface area contributed by atoms with E-state index in [1.54, 1.807) is 22.0 Å². The zero-order chi connectivity index (χ0) is 10.8. The summed E-state index contributed by atoms with van der Waals surface area (Å²) in [5.74, 6) is 0. The third-order valence-corrected chi connectivity index (χ3v) is 2.97. The minimum atomic E-state index is 0.0284. The molecular weight excluding hydrogens is 208 g/mol. The third-order valence-electron chi connectivity index (χ3n) is 2.15. The van der Waals surface area contributed by atoms with Crippen molar-refractivity contribution in [3.8, 4) is 0 Å². The van der Waals surface area contributed by atoms with Crippen LogP contribution < -0.4 is 5.56 Å². The molecule has 2 aromatic rings. The van der Waals surface area contributed by atoms with Crippen molar-refractivity contribution in [2.24, 2.45) is 0 Å². The summed E-state index contributed by atoms with van der Waals surface area (Å²) in [4.78, 5) is 15.9. The van der Waals surface area contributed by atoms with Gasteiger partial charge in [-0.15, -0.1) is 11.3 Å². The Kier molecular flexibility index (Phi) is 2.68. The number of thiazole rings is 1. The van der Waals surface area contributed by atoms with Crippen molar-refractivity contribution in [1.82, 2.24) is 9.55 Å². The molecule has 3 nitrogen and oxygen atoms in total. The van der Waals surface area contributed by atoms with Crippen LogP contribution in [0, 0.1) is 13.8 Å². The molecule has 0 unspecified atom stereocenters. The van der Waals surface area contributed by atoms with Gasteiger partial charge in [0.1, 0.15) is 0 Å². The van der Waals surface area contributed by atoms with Gasteiger partial charge in [-0.05, 0) is 25.5 Å². The lowest BCUT2D eigenvalue weighted by molar-refractivity contribution is 0.740. The molecule has 0 bridgehead atoms. The lowest BCUT2D eigenvalue weighted by Crippen LogP contribution is -2.19. The molecule has 0 aliphatic carbocycles. The number of pyridine rings is 1. The molecule has 78 valence electrons. The predicted octanol–water partition coefficient (Wildman–Crippen LogP) is 1.97. The molecule has 15 heavy (non-hydrogen) atoms. The largest absolute Gasteiger partial charge is 0.309 e. The van der Waals surface area contributed by atoms with E-state index in [9.17, 15) is 4.79 Å². The lowest BCUT2D eigenvalue weighted by Gasteiger charge is -2.02. The van der Waals surface area contributed by atoms with Crippen molar-refractivity contribution in [2.75, 3.05) is 0 Å². The Morgan fingerprint density at radius 3 is 2.87 bits per heavy atom. The van der Waals surface area contributed by atoms with Crippen LogP contribution in [0.1, 0.15) is 16.3 Å². The van der Waals surface area contributed by atoms with Gasteiger partial charge in [0, 0.05) is 17.6 Å². The first kappa shape index (κ1) is 10.1. The molecule has 0 aliphatic heterocycles. The van der Waals surface area contributed by atoms with Crippen molar-refractivity contribution < 1.29 is 0 Å². The molecule has 2 rings (SSSR count). The van der Waals surface area contributed by atoms with Crippen molar-refractivity contribution in [1.29, 1.82) is 0 Å². The fourth-order valence-electron chi connectivity index (χ4n) is 1.39.